The molecule has 19 heavy (non-hydrogen) atoms. The van der Waals surface area contributed by atoms with E-state index in [2.05, 4.69) is 19.2 Å². The molecule has 1 aromatic rings. The summed E-state index contributed by atoms with van der Waals surface area (Å²) in [6.45, 7) is 5.85. The smallest absolute Gasteiger partial charge is 0.258 e. The summed E-state index contributed by atoms with van der Waals surface area (Å²) in [4.78, 5) is 11.5. The van der Waals surface area contributed by atoms with Crippen molar-refractivity contribution in [3.05, 3.63) is 24.3 Å². The van der Waals surface area contributed by atoms with Crippen molar-refractivity contribution in [1.29, 1.82) is 0 Å². The number of ether oxygens (including phenoxy) is 2. The van der Waals surface area contributed by atoms with Gasteiger partial charge in [0.05, 0.1) is 6.61 Å². The summed E-state index contributed by atoms with van der Waals surface area (Å²) < 4.78 is 10.7. The average molecular weight is 266 g/mol. The van der Waals surface area contributed by atoms with E-state index in [9.17, 15) is 4.79 Å². The quantitative estimate of drug-likeness (QED) is 0.551. The first kappa shape index (κ1) is 15.3. The van der Waals surface area contributed by atoms with Gasteiger partial charge in [-0.25, -0.2) is 0 Å². The average Bonchev–Trinajstić information content (AvgIpc) is 2.35. The first-order valence-electron chi connectivity index (χ1n) is 6.40. The number of hydrogen-bond donors (Lipinski definition) is 2. The van der Waals surface area contributed by atoms with Gasteiger partial charge >= 0.3 is 0 Å². The Morgan fingerprint density at radius 3 is 2.89 bits per heavy atom. The molecule has 0 radical (unpaired) electrons. The van der Waals surface area contributed by atoms with Gasteiger partial charge in [-0.15, -0.1) is 0 Å². The fraction of sp³-hybridized carbons (Fsp3) is 0.500. The molecule has 1 amide bonds. The van der Waals surface area contributed by atoms with Gasteiger partial charge in [0.1, 0.15) is 5.75 Å². The van der Waals surface area contributed by atoms with E-state index in [0.29, 0.717) is 37.1 Å². The molecule has 5 heteroatoms. The number of rotatable bonds is 8. The fourth-order valence-electron chi connectivity index (χ4n) is 1.39. The van der Waals surface area contributed by atoms with Crippen molar-refractivity contribution in [2.45, 2.75) is 13.8 Å². The number of hydrogen-bond acceptors (Lipinski definition) is 4. The lowest BCUT2D eigenvalue weighted by molar-refractivity contribution is -0.123. The molecule has 0 aliphatic rings. The molecule has 0 bridgehead atoms. The topological polar surface area (TPSA) is 73.6 Å². The molecule has 0 aromatic heterocycles. The van der Waals surface area contributed by atoms with Crippen molar-refractivity contribution in [1.82, 2.24) is 5.32 Å². The Kier molecular flexibility index (Phi) is 6.74. The van der Waals surface area contributed by atoms with Gasteiger partial charge in [-0.1, -0.05) is 19.9 Å². The summed E-state index contributed by atoms with van der Waals surface area (Å²) in [5.41, 5.74) is 6.22. The Labute approximate surface area is 114 Å². The molecule has 0 unspecified atom stereocenters. The van der Waals surface area contributed by atoms with E-state index < -0.39 is 0 Å². The van der Waals surface area contributed by atoms with E-state index in [1.54, 1.807) is 24.3 Å². The van der Waals surface area contributed by atoms with Gasteiger partial charge < -0.3 is 20.5 Å². The highest BCUT2D eigenvalue weighted by Gasteiger charge is 2.02. The number of anilines is 1. The van der Waals surface area contributed by atoms with Gasteiger partial charge in [0.2, 0.25) is 0 Å². The summed E-state index contributed by atoms with van der Waals surface area (Å²) in [5.74, 6) is 0.921. The Hall–Kier alpha value is -1.75. The number of carbonyl (C=O) groups excluding carboxylic acids is 1. The Bertz CT molecular complexity index is 394. The fourth-order valence-corrected chi connectivity index (χ4v) is 1.39. The van der Waals surface area contributed by atoms with Gasteiger partial charge in [0.15, 0.2) is 6.61 Å². The Morgan fingerprint density at radius 1 is 1.42 bits per heavy atom. The van der Waals surface area contributed by atoms with Crippen molar-refractivity contribution in [3.8, 4) is 5.75 Å². The second kappa shape index (κ2) is 8.37. The summed E-state index contributed by atoms with van der Waals surface area (Å²) in [7, 11) is 0. The number of nitrogens with two attached hydrogens (primary N) is 1. The van der Waals surface area contributed by atoms with Crippen LogP contribution in [-0.4, -0.2) is 32.3 Å². The van der Waals surface area contributed by atoms with Crippen molar-refractivity contribution >= 4 is 11.6 Å². The van der Waals surface area contributed by atoms with Gasteiger partial charge in [0, 0.05) is 24.9 Å². The minimum atomic E-state index is -0.171. The predicted octanol–water partition coefficient (Wildman–Crippen LogP) is 1.44. The standard InChI is InChI=1S/C14H22N2O3/c1-11(2)9-18-7-6-16-14(17)10-19-13-5-3-4-12(15)8-13/h3-5,8,11H,6-7,9-10,15H2,1-2H3,(H,16,17). The minimum absolute atomic E-state index is 0.0202. The van der Waals surface area contributed by atoms with Crippen LogP contribution in [-0.2, 0) is 9.53 Å². The van der Waals surface area contributed by atoms with E-state index in [1.807, 2.05) is 0 Å². The second-order valence-corrected chi connectivity index (χ2v) is 4.68. The maximum atomic E-state index is 11.5. The molecule has 106 valence electrons. The molecule has 0 saturated heterocycles. The zero-order chi connectivity index (χ0) is 14.1. The molecule has 1 aromatic carbocycles. The lowest BCUT2D eigenvalue weighted by atomic mass is 10.2. The maximum absolute atomic E-state index is 11.5. The number of nitrogen functional groups attached to an aromatic ring is 1. The van der Waals surface area contributed by atoms with Crippen LogP contribution in [0.4, 0.5) is 5.69 Å². The number of amides is 1. The van der Waals surface area contributed by atoms with Crippen LogP contribution >= 0.6 is 0 Å². The molecule has 1 rings (SSSR count). The van der Waals surface area contributed by atoms with Gasteiger partial charge in [0.25, 0.3) is 5.91 Å². The Balaban J connectivity index is 2.11. The second-order valence-electron chi connectivity index (χ2n) is 4.68. The summed E-state index contributed by atoms with van der Waals surface area (Å²) in [5, 5.41) is 2.72. The van der Waals surface area contributed by atoms with Crippen molar-refractivity contribution < 1.29 is 14.3 Å². The van der Waals surface area contributed by atoms with E-state index in [4.69, 9.17) is 15.2 Å². The summed E-state index contributed by atoms with van der Waals surface area (Å²) >= 11 is 0. The molecule has 0 fully saturated rings. The molecule has 0 heterocycles. The van der Waals surface area contributed by atoms with Crippen LogP contribution < -0.4 is 15.8 Å². The van der Waals surface area contributed by atoms with Gasteiger partial charge in [-0.3, -0.25) is 4.79 Å². The summed E-state index contributed by atoms with van der Waals surface area (Å²) in [6.07, 6.45) is 0. The molecule has 0 atom stereocenters. The minimum Gasteiger partial charge on any atom is -0.484 e. The maximum Gasteiger partial charge on any atom is 0.258 e. The lowest BCUT2D eigenvalue weighted by Gasteiger charge is -2.09. The van der Waals surface area contributed by atoms with Crippen LogP contribution in [0.2, 0.25) is 0 Å². The largest absolute Gasteiger partial charge is 0.484 e. The van der Waals surface area contributed by atoms with Gasteiger partial charge in [-0.2, -0.15) is 0 Å². The van der Waals surface area contributed by atoms with Crippen LogP contribution in [0.25, 0.3) is 0 Å². The molecular weight excluding hydrogens is 244 g/mol. The van der Waals surface area contributed by atoms with Crippen molar-refractivity contribution in [2.24, 2.45) is 5.92 Å². The molecule has 0 spiro atoms. The third-order valence-corrected chi connectivity index (χ3v) is 2.25. The van der Waals surface area contributed by atoms with E-state index >= 15 is 0 Å². The predicted molar refractivity (Wildman–Crippen MR) is 75.0 cm³/mol. The highest BCUT2D eigenvalue weighted by Crippen LogP contribution is 2.13. The molecule has 0 aliphatic heterocycles. The Morgan fingerprint density at radius 2 is 2.21 bits per heavy atom. The zero-order valence-corrected chi connectivity index (χ0v) is 11.5. The highest BCUT2D eigenvalue weighted by atomic mass is 16.5. The van der Waals surface area contributed by atoms with E-state index in [1.165, 1.54) is 0 Å². The van der Waals surface area contributed by atoms with Crippen LogP contribution in [0.3, 0.4) is 0 Å². The van der Waals surface area contributed by atoms with Gasteiger partial charge in [-0.05, 0) is 18.1 Å². The molecule has 5 nitrogen and oxygen atoms in total. The van der Waals surface area contributed by atoms with Crippen LogP contribution in [0, 0.1) is 5.92 Å². The lowest BCUT2D eigenvalue weighted by Crippen LogP contribution is -2.31. The van der Waals surface area contributed by atoms with Crippen LogP contribution in [0.5, 0.6) is 5.75 Å². The number of nitrogens with one attached hydrogen (secondary N) is 1. The number of benzene rings is 1. The molecular formula is C14H22N2O3. The highest BCUT2D eigenvalue weighted by molar-refractivity contribution is 5.77. The van der Waals surface area contributed by atoms with Crippen LogP contribution in [0.15, 0.2) is 24.3 Å². The van der Waals surface area contributed by atoms with E-state index in [-0.39, 0.29) is 12.5 Å². The molecule has 0 saturated carbocycles. The van der Waals surface area contributed by atoms with Crippen molar-refractivity contribution in [3.63, 3.8) is 0 Å². The third kappa shape index (κ3) is 7.31. The molecule has 3 N–H and O–H groups in total. The normalized spacial score (nSPS) is 10.5. The third-order valence-electron chi connectivity index (χ3n) is 2.25. The van der Waals surface area contributed by atoms with Crippen LogP contribution in [0.1, 0.15) is 13.8 Å². The first-order valence-corrected chi connectivity index (χ1v) is 6.40. The zero-order valence-electron chi connectivity index (χ0n) is 11.5. The van der Waals surface area contributed by atoms with E-state index in [0.717, 1.165) is 0 Å². The molecule has 0 aliphatic carbocycles. The summed E-state index contributed by atoms with van der Waals surface area (Å²) in [6, 6.07) is 6.98. The first-order chi connectivity index (χ1) is 9.08. The SMILES string of the molecule is CC(C)COCCNC(=O)COc1cccc(N)c1. The number of carbonyl (C=O) groups is 1. The van der Waals surface area contributed by atoms with Crippen molar-refractivity contribution in [2.75, 3.05) is 32.1 Å². The monoisotopic (exact) mass is 266 g/mol.